The topological polar surface area (TPSA) is 214 Å². The van der Waals surface area contributed by atoms with Gasteiger partial charge in [0.1, 0.15) is 48.8 Å². The maximum atomic E-state index is 11.4. The minimum atomic E-state index is -1.72. The van der Waals surface area contributed by atoms with Crippen LogP contribution < -0.4 is 0 Å². The summed E-state index contributed by atoms with van der Waals surface area (Å²) in [4.78, 5) is 11.4. The third-order valence-corrected chi connectivity index (χ3v) is 6.86. The molecule has 35 heavy (non-hydrogen) atoms. The predicted octanol–water partition coefficient (Wildman–Crippen LogP) is -3.45. The monoisotopic (exact) mass is 512 g/mol. The van der Waals surface area contributed by atoms with E-state index in [1.807, 2.05) is 0 Å². The highest BCUT2D eigenvalue weighted by Gasteiger charge is 2.51. The van der Waals surface area contributed by atoms with Gasteiger partial charge in [0.25, 0.3) is 0 Å². The van der Waals surface area contributed by atoms with E-state index in [0.29, 0.717) is 0 Å². The standard InChI is InChI=1S/C21H36O14/c1-6-10(22)14(26)20(34-16(6)19(28)29)31-5-9-12(24)13(25)15(27)21(33-9)35-17-8(3)32-7(2)11(23)18(17)30-4/h6-18,20-27H,5H2,1-4H3,(H,28,29)/t6-,7?,8+,9?,10-,11-,12+,13-,14?,15?,16?,17?,18-,20-,21+/m0/s1. The van der Waals surface area contributed by atoms with Crippen molar-refractivity contribution in [2.45, 2.75) is 107 Å². The summed E-state index contributed by atoms with van der Waals surface area (Å²) in [6.45, 7) is 4.21. The molecular weight excluding hydrogens is 476 g/mol. The summed E-state index contributed by atoms with van der Waals surface area (Å²) in [5.41, 5.74) is 0. The Morgan fingerprint density at radius 1 is 0.743 bits per heavy atom. The third kappa shape index (κ3) is 5.79. The molecule has 0 bridgehead atoms. The zero-order valence-electron chi connectivity index (χ0n) is 19.9. The second-order valence-corrected chi connectivity index (χ2v) is 9.29. The van der Waals surface area contributed by atoms with E-state index >= 15 is 0 Å². The quantitative estimate of drug-likeness (QED) is 0.177. The summed E-state index contributed by atoms with van der Waals surface area (Å²) in [6.07, 6.45) is -17.8. The van der Waals surface area contributed by atoms with Crippen molar-refractivity contribution in [2.24, 2.45) is 5.92 Å². The molecule has 3 aliphatic rings. The van der Waals surface area contributed by atoms with Gasteiger partial charge in [0, 0.05) is 13.0 Å². The SMILES string of the molecule is CO[C@@H]1C(O[C@H]2OC(CO[C@H]3OC(C(=O)O)[C@@H](C)[C@H](O)C3O)[C@@H](O)[C@H](O)C2O)[C@@H](C)OC(C)[C@@H]1O. The van der Waals surface area contributed by atoms with Gasteiger partial charge in [-0.25, -0.2) is 4.79 Å². The van der Waals surface area contributed by atoms with Crippen molar-refractivity contribution < 1.29 is 69.0 Å². The highest BCUT2D eigenvalue weighted by molar-refractivity contribution is 5.73. The lowest BCUT2D eigenvalue weighted by Gasteiger charge is -2.46. The van der Waals surface area contributed by atoms with Crippen LogP contribution in [0, 0.1) is 5.92 Å². The number of methoxy groups -OCH3 is 1. The molecule has 15 atom stereocenters. The average molecular weight is 513 g/mol. The summed E-state index contributed by atoms with van der Waals surface area (Å²) in [6, 6.07) is 0. The molecule has 0 radical (unpaired) electrons. The van der Waals surface area contributed by atoms with E-state index in [1.165, 1.54) is 14.0 Å². The Hall–Kier alpha value is -1.01. The molecule has 3 rings (SSSR count). The molecule has 0 aliphatic carbocycles. The fourth-order valence-electron chi connectivity index (χ4n) is 4.62. The van der Waals surface area contributed by atoms with Gasteiger partial charge in [-0.3, -0.25) is 0 Å². The number of rotatable bonds is 7. The predicted molar refractivity (Wildman–Crippen MR) is 112 cm³/mol. The zero-order chi connectivity index (χ0) is 26.2. The van der Waals surface area contributed by atoms with Crippen LogP contribution in [0.4, 0.5) is 0 Å². The van der Waals surface area contributed by atoms with Crippen LogP contribution in [0.1, 0.15) is 20.8 Å². The van der Waals surface area contributed by atoms with Crippen molar-refractivity contribution in [3.63, 3.8) is 0 Å². The molecule has 204 valence electrons. The van der Waals surface area contributed by atoms with Gasteiger partial charge in [-0.1, -0.05) is 6.92 Å². The summed E-state index contributed by atoms with van der Waals surface area (Å²) >= 11 is 0. The number of aliphatic carboxylic acids is 1. The molecule has 0 aromatic heterocycles. The van der Waals surface area contributed by atoms with Gasteiger partial charge in [0.2, 0.25) is 0 Å². The van der Waals surface area contributed by atoms with Crippen LogP contribution in [0.2, 0.25) is 0 Å². The molecule has 14 nitrogen and oxygen atoms in total. The van der Waals surface area contributed by atoms with Gasteiger partial charge in [0.05, 0.1) is 24.9 Å². The molecule has 3 heterocycles. The maximum Gasteiger partial charge on any atom is 0.333 e. The second-order valence-electron chi connectivity index (χ2n) is 9.29. The minimum absolute atomic E-state index is 0.524. The third-order valence-electron chi connectivity index (χ3n) is 6.86. The molecule has 3 fully saturated rings. The Balaban J connectivity index is 1.68. The maximum absolute atomic E-state index is 11.4. The Morgan fingerprint density at radius 3 is 1.97 bits per heavy atom. The van der Waals surface area contributed by atoms with E-state index in [4.69, 9.17) is 28.4 Å². The average Bonchev–Trinajstić information content (AvgIpc) is 2.81. The number of carboxylic acid groups (broad SMARTS) is 1. The normalized spacial score (nSPS) is 51.2. The molecule has 0 saturated carbocycles. The lowest BCUT2D eigenvalue weighted by Crippen LogP contribution is -2.64. The number of aliphatic hydroxyl groups is 6. The van der Waals surface area contributed by atoms with Crippen molar-refractivity contribution in [3.8, 4) is 0 Å². The van der Waals surface area contributed by atoms with Crippen LogP contribution in [0.3, 0.4) is 0 Å². The molecule has 7 N–H and O–H groups in total. The Bertz CT molecular complexity index is 710. The van der Waals surface area contributed by atoms with E-state index in [-0.39, 0.29) is 0 Å². The molecule has 0 spiro atoms. The van der Waals surface area contributed by atoms with Crippen molar-refractivity contribution >= 4 is 5.97 Å². The number of hydrogen-bond donors (Lipinski definition) is 7. The molecule has 0 aromatic rings. The van der Waals surface area contributed by atoms with E-state index < -0.39 is 104 Å². The van der Waals surface area contributed by atoms with E-state index in [9.17, 15) is 40.5 Å². The van der Waals surface area contributed by atoms with Crippen LogP contribution in [-0.2, 0) is 33.2 Å². The zero-order valence-corrected chi connectivity index (χ0v) is 19.9. The first-order valence-corrected chi connectivity index (χ1v) is 11.5. The molecule has 0 aromatic carbocycles. The van der Waals surface area contributed by atoms with Gasteiger partial charge in [-0.15, -0.1) is 0 Å². The molecule has 3 aliphatic heterocycles. The highest BCUT2D eigenvalue weighted by atomic mass is 16.7. The Labute approximate surface area is 201 Å². The largest absolute Gasteiger partial charge is 0.479 e. The van der Waals surface area contributed by atoms with Crippen molar-refractivity contribution in [1.82, 2.24) is 0 Å². The van der Waals surface area contributed by atoms with Crippen molar-refractivity contribution in [2.75, 3.05) is 13.7 Å². The minimum Gasteiger partial charge on any atom is -0.479 e. The van der Waals surface area contributed by atoms with E-state index in [1.54, 1.807) is 13.8 Å². The first-order valence-electron chi connectivity index (χ1n) is 11.5. The number of carboxylic acids is 1. The molecule has 6 unspecified atom stereocenters. The van der Waals surface area contributed by atoms with E-state index in [0.717, 1.165) is 0 Å². The van der Waals surface area contributed by atoms with Crippen molar-refractivity contribution in [1.29, 1.82) is 0 Å². The summed E-state index contributed by atoms with van der Waals surface area (Å²) < 4.78 is 33.1. The van der Waals surface area contributed by atoms with Crippen LogP contribution >= 0.6 is 0 Å². The van der Waals surface area contributed by atoms with Gasteiger partial charge >= 0.3 is 5.97 Å². The number of carbonyl (C=O) groups is 1. The summed E-state index contributed by atoms with van der Waals surface area (Å²) in [7, 11) is 1.37. The van der Waals surface area contributed by atoms with Gasteiger partial charge < -0.3 is 64.2 Å². The van der Waals surface area contributed by atoms with Crippen molar-refractivity contribution in [3.05, 3.63) is 0 Å². The fourth-order valence-corrected chi connectivity index (χ4v) is 4.62. The summed E-state index contributed by atoms with van der Waals surface area (Å²) in [5.74, 6) is -2.27. The van der Waals surface area contributed by atoms with Crippen LogP contribution in [0.5, 0.6) is 0 Å². The first-order chi connectivity index (χ1) is 16.4. The van der Waals surface area contributed by atoms with Crippen LogP contribution in [0.15, 0.2) is 0 Å². The number of ether oxygens (including phenoxy) is 6. The number of aliphatic hydroxyl groups excluding tert-OH is 6. The molecule has 3 saturated heterocycles. The molecule has 0 amide bonds. The lowest BCUT2D eigenvalue weighted by molar-refractivity contribution is -0.349. The second kappa shape index (κ2) is 11.6. The van der Waals surface area contributed by atoms with Crippen LogP contribution in [0.25, 0.3) is 0 Å². The van der Waals surface area contributed by atoms with Gasteiger partial charge in [-0.05, 0) is 13.8 Å². The summed E-state index contributed by atoms with van der Waals surface area (Å²) in [5, 5.41) is 71.2. The van der Waals surface area contributed by atoms with Gasteiger partial charge in [0.15, 0.2) is 18.7 Å². The highest BCUT2D eigenvalue weighted by Crippen LogP contribution is 2.31. The number of hydrogen-bond acceptors (Lipinski definition) is 13. The molecular formula is C21H36O14. The fraction of sp³-hybridized carbons (Fsp3) is 0.952. The molecule has 14 heteroatoms. The lowest BCUT2D eigenvalue weighted by atomic mass is 9.91. The van der Waals surface area contributed by atoms with Crippen LogP contribution in [-0.4, -0.2) is 141 Å². The van der Waals surface area contributed by atoms with Gasteiger partial charge in [-0.2, -0.15) is 0 Å². The smallest absolute Gasteiger partial charge is 0.333 e. The van der Waals surface area contributed by atoms with E-state index in [2.05, 4.69) is 0 Å². The Morgan fingerprint density at radius 2 is 1.37 bits per heavy atom. The first kappa shape index (κ1) is 28.6. The Kier molecular flexibility index (Phi) is 9.45.